The number of ether oxygens (including phenoxy) is 1. The summed E-state index contributed by atoms with van der Waals surface area (Å²) in [6.07, 6.45) is 5.45. The smallest absolute Gasteiger partial charge is 1.00 e. The van der Waals surface area contributed by atoms with Gasteiger partial charge in [0.15, 0.2) is 0 Å². The Kier molecular flexibility index (Phi) is 7.56. The maximum absolute atomic E-state index is 5.95. The Morgan fingerprint density at radius 1 is 1.14 bits per heavy atom. The van der Waals surface area contributed by atoms with E-state index in [2.05, 4.69) is 63.1 Å². The van der Waals surface area contributed by atoms with E-state index in [1.807, 2.05) is 5.20 Å². The first-order chi connectivity index (χ1) is 12.2. The molecule has 0 saturated carbocycles. The number of rotatable bonds is 6. The van der Waals surface area contributed by atoms with Crippen LogP contribution in [0.25, 0.3) is 10.8 Å². The molecule has 0 saturated heterocycles. The molecule has 2 nitrogen and oxygen atoms in total. The van der Waals surface area contributed by atoms with E-state index in [0.29, 0.717) is 13.2 Å². The minimum absolute atomic E-state index is 0. The summed E-state index contributed by atoms with van der Waals surface area (Å²) >= 11 is 1.65. The summed E-state index contributed by atoms with van der Waals surface area (Å²) in [5.41, 5.74) is 6.03. The number of hydrogen-bond donors (Lipinski definition) is 0. The van der Waals surface area contributed by atoms with Gasteiger partial charge >= 0.3 is 155 Å². The Hall–Kier alpha value is 0.0969. The van der Waals surface area contributed by atoms with Crippen LogP contribution in [0.2, 0.25) is 32.7 Å². The van der Waals surface area contributed by atoms with Gasteiger partial charge in [-0.05, 0) is 19.6 Å². The molecule has 3 aliphatic rings. The molecular formula is C21H27Cl2O2Si2Zr. The average molecular weight is 530 g/mol. The van der Waals surface area contributed by atoms with Crippen molar-refractivity contribution in [3.8, 4) is 0 Å². The van der Waals surface area contributed by atoms with E-state index in [1.54, 1.807) is 41.0 Å². The molecule has 1 aromatic rings. The summed E-state index contributed by atoms with van der Waals surface area (Å²) in [6.45, 7) is 13.0. The molecule has 0 aromatic heterocycles. The molecule has 0 N–H and O–H groups in total. The van der Waals surface area contributed by atoms with Crippen molar-refractivity contribution >= 4 is 27.2 Å². The monoisotopic (exact) mass is 527 g/mol. The van der Waals surface area contributed by atoms with Crippen molar-refractivity contribution in [2.45, 2.75) is 42.8 Å². The average Bonchev–Trinajstić information content (AvgIpc) is 2.91. The molecule has 28 heavy (non-hydrogen) atoms. The van der Waals surface area contributed by atoms with E-state index < -0.39 is 16.4 Å². The van der Waals surface area contributed by atoms with E-state index in [1.165, 1.54) is 11.1 Å². The SMILES string of the molecule is C[Si](C)(C)OCCOC1=CCC(c2cccc3c2C2=C([CH]3[Zr+2])[Si]2(C)C)=C1.[Cl-].[Cl-]. The second-order valence-electron chi connectivity index (χ2n) is 8.91. The fraction of sp³-hybridized carbons (Fsp3) is 0.429. The Morgan fingerprint density at radius 3 is 2.54 bits per heavy atom. The number of hydrogen-bond acceptors (Lipinski definition) is 2. The molecule has 0 fully saturated rings. The van der Waals surface area contributed by atoms with Gasteiger partial charge in [-0.1, -0.05) is 0 Å². The van der Waals surface area contributed by atoms with Gasteiger partial charge in [0.05, 0.1) is 0 Å². The van der Waals surface area contributed by atoms with Gasteiger partial charge in [0.25, 0.3) is 0 Å². The van der Waals surface area contributed by atoms with Crippen molar-refractivity contribution in [1.82, 2.24) is 0 Å². The number of benzene rings is 1. The van der Waals surface area contributed by atoms with Crippen LogP contribution >= 0.6 is 0 Å². The third-order valence-corrected chi connectivity index (χ3v) is 12.2. The Bertz CT molecular complexity index is 870. The third kappa shape index (κ3) is 4.40. The summed E-state index contributed by atoms with van der Waals surface area (Å²) in [7, 11) is -2.65. The van der Waals surface area contributed by atoms with Crippen molar-refractivity contribution < 1.29 is 58.7 Å². The molecule has 0 radical (unpaired) electrons. The van der Waals surface area contributed by atoms with Gasteiger partial charge in [-0.25, -0.2) is 0 Å². The fourth-order valence-electron chi connectivity index (χ4n) is 4.26. The zero-order chi connectivity index (χ0) is 18.7. The van der Waals surface area contributed by atoms with E-state index >= 15 is 0 Å². The number of fused-ring (bicyclic) bond motifs is 2. The van der Waals surface area contributed by atoms with Gasteiger partial charge in [0.2, 0.25) is 0 Å². The van der Waals surface area contributed by atoms with E-state index in [9.17, 15) is 0 Å². The molecule has 1 aromatic carbocycles. The minimum Gasteiger partial charge on any atom is -1.00 e. The Balaban J connectivity index is 0.00000140. The van der Waals surface area contributed by atoms with Crippen LogP contribution in [-0.4, -0.2) is 29.6 Å². The predicted molar refractivity (Wildman–Crippen MR) is 110 cm³/mol. The third-order valence-electron chi connectivity index (χ3n) is 5.52. The largest absolute Gasteiger partial charge is 1.00 e. The van der Waals surface area contributed by atoms with Gasteiger partial charge in [0, 0.05) is 0 Å². The zero-order valence-corrected chi connectivity index (χ0v) is 23.1. The predicted octanol–water partition coefficient (Wildman–Crippen LogP) is -0.611. The summed E-state index contributed by atoms with van der Waals surface area (Å²) in [5, 5.41) is 3.58. The number of halogens is 2. The minimum atomic E-state index is -1.45. The van der Waals surface area contributed by atoms with Crippen molar-refractivity contribution in [3.05, 3.63) is 58.0 Å². The molecule has 0 spiro atoms. The topological polar surface area (TPSA) is 18.5 Å². The standard InChI is InChI=1S/C21H27O2Si2.2ClH.Zr/c1-24(2,3)23-12-11-22-17-10-9-15(13-17)18-8-6-7-16-14-19-21(20(16)18)25(19,4)5;;;/h6-8,10,13-14H,9,11-12H2,1-5H3;2*1H;/q;;;+2/p-2. The summed E-state index contributed by atoms with van der Waals surface area (Å²) in [6, 6.07) is 6.91. The first kappa shape index (κ1) is 24.4. The van der Waals surface area contributed by atoms with Crippen LogP contribution in [0, 0.1) is 0 Å². The van der Waals surface area contributed by atoms with Gasteiger partial charge < -0.3 is 24.8 Å². The molecule has 4 rings (SSSR count). The van der Waals surface area contributed by atoms with Crippen LogP contribution < -0.4 is 24.8 Å². The number of allylic oxidation sites excluding steroid dienone is 4. The van der Waals surface area contributed by atoms with Crippen LogP contribution in [-0.2, 0) is 33.9 Å². The first-order valence-electron chi connectivity index (χ1n) is 9.47. The van der Waals surface area contributed by atoms with E-state index in [0.717, 1.165) is 15.8 Å². The summed E-state index contributed by atoms with van der Waals surface area (Å²) in [4.78, 5) is 0. The fourth-order valence-corrected chi connectivity index (χ4v) is 12.7. The van der Waals surface area contributed by atoms with Crippen LogP contribution in [0.1, 0.15) is 26.7 Å². The van der Waals surface area contributed by atoms with Gasteiger partial charge in [-0.2, -0.15) is 0 Å². The molecular weight excluding hydrogens is 503 g/mol. The van der Waals surface area contributed by atoms with Gasteiger partial charge in [-0.3, -0.25) is 0 Å². The Morgan fingerprint density at radius 2 is 1.86 bits per heavy atom. The second-order valence-corrected chi connectivity index (χ2v) is 19.1. The Labute approximate surface area is 198 Å². The molecule has 1 heterocycles. The summed E-state index contributed by atoms with van der Waals surface area (Å²) in [5.74, 6) is 1.01. The van der Waals surface area contributed by atoms with Crippen molar-refractivity contribution in [2.24, 2.45) is 0 Å². The van der Waals surface area contributed by atoms with Crippen LogP contribution in [0.5, 0.6) is 0 Å². The molecule has 7 heteroatoms. The first-order valence-corrected chi connectivity index (χ1v) is 17.3. The van der Waals surface area contributed by atoms with Crippen molar-refractivity contribution in [1.29, 1.82) is 0 Å². The van der Waals surface area contributed by atoms with Gasteiger partial charge in [-0.15, -0.1) is 0 Å². The molecule has 0 amide bonds. The molecule has 149 valence electrons. The van der Waals surface area contributed by atoms with E-state index in [4.69, 9.17) is 9.16 Å². The van der Waals surface area contributed by atoms with Crippen molar-refractivity contribution in [2.75, 3.05) is 13.2 Å². The van der Waals surface area contributed by atoms with Crippen molar-refractivity contribution in [3.63, 3.8) is 0 Å². The zero-order valence-electron chi connectivity index (χ0n) is 17.2. The molecule has 1 atom stereocenters. The maximum atomic E-state index is 5.95. The summed E-state index contributed by atoms with van der Waals surface area (Å²) < 4.78 is 12.6. The molecule has 1 unspecified atom stereocenters. The van der Waals surface area contributed by atoms with Crippen LogP contribution in [0.3, 0.4) is 0 Å². The molecule has 0 bridgehead atoms. The normalized spacial score (nSPS) is 21.2. The van der Waals surface area contributed by atoms with Gasteiger partial charge in [0.1, 0.15) is 0 Å². The maximum Gasteiger partial charge on any atom is -1.00 e. The van der Waals surface area contributed by atoms with Crippen LogP contribution in [0.15, 0.2) is 41.3 Å². The second kappa shape index (κ2) is 8.68. The van der Waals surface area contributed by atoms with Crippen LogP contribution in [0.4, 0.5) is 0 Å². The van der Waals surface area contributed by atoms with E-state index in [-0.39, 0.29) is 24.8 Å². The molecule has 1 aliphatic heterocycles. The quantitative estimate of drug-likeness (QED) is 0.362. The molecule has 2 aliphatic carbocycles.